The number of nitrogen functional groups attached to an aromatic ring is 1. The third-order valence-corrected chi connectivity index (χ3v) is 2.64. The predicted molar refractivity (Wildman–Crippen MR) is 67.3 cm³/mol. The second-order valence-electron chi connectivity index (χ2n) is 3.87. The Morgan fingerprint density at radius 1 is 1.16 bits per heavy atom. The fourth-order valence-electron chi connectivity index (χ4n) is 1.78. The van der Waals surface area contributed by atoms with Crippen molar-refractivity contribution in [2.45, 2.75) is 0 Å². The molecule has 0 bridgehead atoms. The van der Waals surface area contributed by atoms with E-state index in [0.717, 1.165) is 11.8 Å². The van der Waals surface area contributed by atoms with E-state index in [2.05, 4.69) is 15.1 Å². The van der Waals surface area contributed by atoms with Crippen molar-refractivity contribution in [1.29, 1.82) is 0 Å². The molecule has 2 N–H and O–H groups in total. The van der Waals surface area contributed by atoms with Gasteiger partial charge in [-0.25, -0.2) is 4.39 Å². The molecule has 0 spiro atoms. The molecule has 0 aliphatic rings. The molecule has 0 atom stereocenters. The Kier molecular flexibility index (Phi) is 2.68. The standard InChI is InChI=1S/C13H9FN4O/c14-9-3-4-10(17-7-9)12-11(13(15)19-18-12)8-2-1-5-16-6-8/h1-7H,15H2. The van der Waals surface area contributed by atoms with Crippen LogP contribution in [0.5, 0.6) is 0 Å². The first-order chi connectivity index (χ1) is 9.25. The quantitative estimate of drug-likeness (QED) is 0.762. The van der Waals surface area contributed by atoms with E-state index in [1.54, 1.807) is 18.5 Å². The Hall–Kier alpha value is -2.76. The largest absolute Gasteiger partial charge is 0.367 e. The average Bonchev–Trinajstić information content (AvgIpc) is 2.82. The van der Waals surface area contributed by atoms with Crippen LogP contribution in [0.3, 0.4) is 0 Å². The first-order valence-electron chi connectivity index (χ1n) is 5.53. The van der Waals surface area contributed by atoms with Gasteiger partial charge in [0, 0.05) is 18.0 Å². The number of rotatable bonds is 2. The van der Waals surface area contributed by atoms with Gasteiger partial charge in [0.2, 0.25) is 5.88 Å². The summed E-state index contributed by atoms with van der Waals surface area (Å²) in [5.74, 6) is -0.239. The van der Waals surface area contributed by atoms with Crippen LogP contribution in [-0.4, -0.2) is 15.1 Å². The molecule has 3 aromatic rings. The maximum Gasteiger partial charge on any atom is 0.230 e. The van der Waals surface area contributed by atoms with Crippen molar-refractivity contribution >= 4 is 5.88 Å². The van der Waals surface area contributed by atoms with Crippen LogP contribution >= 0.6 is 0 Å². The number of aromatic nitrogens is 3. The van der Waals surface area contributed by atoms with Crippen LogP contribution in [0.25, 0.3) is 22.5 Å². The molecule has 0 fully saturated rings. The molecule has 0 aliphatic heterocycles. The Morgan fingerprint density at radius 2 is 2.05 bits per heavy atom. The molecule has 6 heteroatoms. The first-order valence-corrected chi connectivity index (χ1v) is 5.53. The summed E-state index contributed by atoms with van der Waals surface area (Å²) in [6, 6.07) is 6.44. The lowest BCUT2D eigenvalue weighted by Gasteiger charge is -2.01. The van der Waals surface area contributed by atoms with Gasteiger partial charge in [-0.15, -0.1) is 0 Å². The normalized spacial score (nSPS) is 10.6. The van der Waals surface area contributed by atoms with Gasteiger partial charge in [0.25, 0.3) is 0 Å². The molecule has 0 radical (unpaired) electrons. The number of nitrogens with zero attached hydrogens (tertiary/aromatic N) is 3. The maximum atomic E-state index is 12.9. The van der Waals surface area contributed by atoms with E-state index in [-0.39, 0.29) is 5.88 Å². The minimum Gasteiger partial charge on any atom is -0.367 e. The highest BCUT2D eigenvalue weighted by molar-refractivity contribution is 5.85. The SMILES string of the molecule is Nc1onc(-c2ccc(F)cn2)c1-c1cccnc1. The van der Waals surface area contributed by atoms with Crippen LogP contribution in [0.15, 0.2) is 47.4 Å². The zero-order valence-corrected chi connectivity index (χ0v) is 9.75. The van der Waals surface area contributed by atoms with Gasteiger partial charge in [-0.3, -0.25) is 9.97 Å². The second kappa shape index (κ2) is 4.49. The fraction of sp³-hybridized carbons (Fsp3) is 0. The highest BCUT2D eigenvalue weighted by atomic mass is 19.1. The average molecular weight is 256 g/mol. The van der Waals surface area contributed by atoms with Crippen LogP contribution in [0.4, 0.5) is 10.3 Å². The van der Waals surface area contributed by atoms with Crippen LogP contribution in [-0.2, 0) is 0 Å². The lowest BCUT2D eigenvalue weighted by molar-refractivity contribution is 0.439. The number of halogens is 1. The second-order valence-corrected chi connectivity index (χ2v) is 3.87. The fourth-order valence-corrected chi connectivity index (χ4v) is 1.78. The van der Waals surface area contributed by atoms with E-state index in [1.165, 1.54) is 12.1 Å². The highest BCUT2D eigenvalue weighted by Gasteiger charge is 2.18. The Bertz CT molecular complexity index is 694. The number of nitrogens with two attached hydrogens (primary N) is 1. The predicted octanol–water partition coefficient (Wildman–Crippen LogP) is 2.52. The lowest BCUT2D eigenvalue weighted by atomic mass is 10.1. The molecule has 0 aliphatic carbocycles. The van der Waals surface area contributed by atoms with Gasteiger partial charge < -0.3 is 10.3 Å². The number of hydrogen-bond donors (Lipinski definition) is 1. The summed E-state index contributed by atoms with van der Waals surface area (Å²) in [5, 5.41) is 3.88. The van der Waals surface area contributed by atoms with Crippen molar-refractivity contribution < 1.29 is 8.91 Å². The zero-order chi connectivity index (χ0) is 13.2. The third-order valence-electron chi connectivity index (χ3n) is 2.64. The molecule has 0 aromatic carbocycles. The number of anilines is 1. The van der Waals surface area contributed by atoms with E-state index in [9.17, 15) is 4.39 Å². The Labute approximate surface area is 107 Å². The van der Waals surface area contributed by atoms with E-state index in [1.807, 2.05) is 6.07 Å². The molecular weight excluding hydrogens is 247 g/mol. The van der Waals surface area contributed by atoms with E-state index >= 15 is 0 Å². The van der Waals surface area contributed by atoms with Crippen molar-refractivity contribution in [2.24, 2.45) is 0 Å². The van der Waals surface area contributed by atoms with Crippen LogP contribution in [0.1, 0.15) is 0 Å². The summed E-state index contributed by atoms with van der Waals surface area (Å²) in [6.45, 7) is 0. The maximum absolute atomic E-state index is 12.9. The van der Waals surface area contributed by atoms with E-state index in [0.29, 0.717) is 17.0 Å². The van der Waals surface area contributed by atoms with E-state index < -0.39 is 5.82 Å². The molecule has 5 nitrogen and oxygen atoms in total. The molecule has 3 rings (SSSR count). The van der Waals surface area contributed by atoms with Crippen LogP contribution in [0, 0.1) is 5.82 Å². The molecule has 19 heavy (non-hydrogen) atoms. The van der Waals surface area contributed by atoms with Gasteiger partial charge in [0.15, 0.2) is 0 Å². The molecule has 3 heterocycles. The molecular formula is C13H9FN4O. The summed E-state index contributed by atoms with van der Waals surface area (Å²) in [6.07, 6.45) is 4.42. The van der Waals surface area contributed by atoms with E-state index in [4.69, 9.17) is 10.3 Å². The molecule has 3 aromatic heterocycles. The highest BCUT2D eigenvalue weighted by Crippen LogP contribution is 2.34. The number of pyridine rings is 2. The lowest BCUT2D eigenvalue weighted by Crippen LogP contribution is -1.90. The zero-order valence-electron chi connectivity index (χ0n) is 9.75. The van der Waals surface area contributed by atoms with Gasteiger partial charge >= 0.3 is 0 Å². The van der Waals surface area contributed by atoms with Crippen molar-refractivity contribution in [2.75, 3.05) is 5.73 Å². The Morgan fingerprint density at radius 3 is 2.74 bits per heavy atom. The van der Waals surface area contributed by atoms with Crippen molar-refractivity contribution in [3.8, 4) is 22.5 Å². The van der Waals surface area contributed by atoms with Gasteiger partial charge in [-0.1, -0.05) is 11.2 Å². The molecule has 0 saturated heterocycles. The Balaban J connectivity index is 2.16. The molecule has 0 unspecified atom stereocenters. The smallest absolute Gasteiger partial charge is 0.230 e. The third kappa shape index (κ3) is 2.03. The van der Waals surface area contributed by atoms with Crippen LogP contribution < -0.4 is 5.73 Å². The summed E-state index contributed by atoms with van der Waals surface area (Å²) in [5.41, 5.74) is 8.10. The summed E-state index contributed by atoms with van der Waals surface area (Å²) in [4.78, 5) is 8.00. The first kappa shape index (κ1) is 11.3. The minimum atomic E-state index is -0.414. The van der Waals surface area contributed by atoms with Crippen molar-refractivity contribution in [3.05, 3.63) is 48.7 Å². The molecule has 0 saturated carbocycles. The molecule has 94 valence electrons. The van der Waals surface area contributed by atoms with Crippen molar-refractivity contribution in [3.63, 3.8) is 0 Å². The minimum absolute atomic E-state index is 0.175. The monoisotopic (exact) mass is 256 g/mol. The summed E-state index contributed by atoms with van der Waals surface area (Å²) < 4.78 is 17.9. The molecule has 0 amide bonds. The van der Waals surface area contributed by atoms with Gasteiger partial charge in [-0.05, 0) is 18.2 Å². The van der Waals surface area contributed by atoms with Crippen molar-refractivity contribution in [1.82, 2.24) is 15.1 Å². The number of hydrogen-bond acceptors (Lipinski definition) is 5. The van der Waals surface area contributed by atoms with Gasteiger partial charge in [-0.2, -0.15) is 0 Å². The summed E-state index contributed by atoms with van der Waals surface area (Å²) in [7, 11) is 0. The van der Waals surface area contributed by atoms with Gasteiger partial charge in [0.05, 0.1) is 17.5 Å². The summed E-state index contributed by atoms with van der Waals surface area (Å²) >= 11 is 0. The topological polar surface area (TPSA) is 77.8 Å². The van der Waals surface area contributed by atoms with Gasteiger partial charge in [0.1, 0.15) is 11.5 Å². The van der Waals surface area contributed by atoms with Crippen LogP contribution in [0.2, 0.25) is 0 Å².